The van der Waals surface area contributed by atoms with Gasteiger partial charge in [-0.1, -0.05) is 45.5 Å². The van der Waals surface area contributed by atoms with E-state index in [1.807, 2.05) is 0 Å². The fraction of sp³-hybridized carbons (Fsp3) is 0.278. The van der Waals surface area contributed by atoms with Gasteiger partial charge in [0.2, 0.25) is 0 Å². The number of allylic oxidation sites excluding steroid dienone is 1. The lowest BCUT2D eigenvalue weighted by Gasteiger charge is -2.25. The van der Waals surface area contributed by atoms with E-state index in [-0.39, 0.29) is 43.6 Å². The first kappa shape index (κ1) is 36.3. The predicted molar refractivity (Wildman–Crippen MR) is 187 cm³/mol. The molecule has 1 aliphatic heterocycles. The lowest BCUT2D eigenvalue weighted by atomic mass is 9.95. The normalized spacial score (nSPS) is 14.1. The van der Waals surface area contributed by atoms with Crippen LogP contribution in [0.5, 0.6) is 23.0 Å². The Labute approximate surface area is 299 Å². The smallest absolute Gasteiger partial charge is 0.343 e. The first-order valence-electron chi connectivity index (χ1n) is 15.5. The number of aromatic nitrogens is 1. The van der Waals surface area contributed by atoms with Gasteiger partial charge >= 0.3 is 11.9 Å². The number of carbonyl (C=O) groups is 2. The maximum Gasteiger partial charge on any atom is 0.343 e. The van der Waals surface area contributed by atoms with Crippen LogP contribution in [0.2, 0.25) is 0 Å². The number of fused-ring (bicyclic) bond motifs is 1. The maximum atomic E-state index is 14.2. The van der Waals surface area contributed by atoms with Crippen LogP contribution >= 0.6 is 27.3 Å². The number of halogens is 2. The third-order valence-electron chi connectivity index (χ3n) is 7.53. The Hall–Kier alpha value is -4.95. The summed E-state index contributed by atoms with van der Waals surface area (Å²) in [4.78, 5) is 44.4. The monoisotopic (exact) mass is 768 g/mol. The zero-order chi connectivity index (χ0) is 35.9. The Morgan fingerprint density at radius 2 is 1.76 bits per heavy atom. The van der Waals surface area contributed by atoms with E-state index in [0.717, 1.165) is 11.3 Å². The van der Waals surface area contributed by atoms with Crippen LogP contribution in [0.3, 0.4) is 0 Å². The lowest BCUT2D eigenvalue weighted by molar-refractivity contribution is -0.143. The Morgan fingerprint density at radius 3 is 2.46 bits per heavy atom. The fourth-order valence-electron chi connectivity index (χ4n) is 5.25. The molecule has 262 valence electrons. The van der Waals surface area contributed by atoms with E-state index < -0.39 is 23.5 Å². The van der Waals surface area contributed by atoms with Crippen molar-refractivity contribution in [1.82, 2.24) is 4.57 Å². The quantitative estimate of drug-likeness (QED) is 0.168. The highest BCUT2D eigenvalue weighted by atomic mass is 79.9. The van der Waals surface area contributed by atoms with Gasteiger partial charge in [0.15, 0.2) is 34.4 Å². The third-order valence-corrected chi connectivity index (χ3v) is 9.20. The van der Waals surface area contributed by atoms with Crippen molar-refractivity contribution in [2.45, 2.75) is 33.4 Å². The van der Waals surface area contributed by atoms with Gasteiger partial charge < -0.3 is 28.4 Å². The van der Waals surface area contributed by atoms with E-state index in [9.17, 15) is 18.8 Å². The average molecular weight is 770 g/mol. The molecule has 0 saturated carbocycles. The minimum absolute atomic E-state index is 0.115. The Kier molecular flexibility index (Phi) is 11.8. The van der Waals surface area contributed by atoms with Crippen LogP contribution in [0.4, 0.5) is 4.39 Å². The number of methoxy groups -OCH3 is 2. The predicted octanol–water partition coefficient (Wildman–Crippen LogP) is 5.24. The van der Waals surface area contributed by atoms with Gasteiger partial charge in [-0.3, -0.25) is 9.36 Å². The topological polar surface area (TPSA) is 124 Å². The number of hydrogen-bond donors (Lipinski definition) is 0. The maximum absolute atomic E-state index is 14.2. The first-order valence-corrected chi connectivity index (χ1v) is 17.1. The van der Waals surface area contributed by atoms with E-state index in [1.165, 1.54) is 30.9 Å². The molecule has 14 heteroatoms. The third kappa shape index (κ3) is 7.92. The zero-order valence-electron chi connectivity index (χ0n) is 27.9. The van der Waals surface area contributed by atoms with Crippen LogP contribution in [-0.4, -0.2) is 50.5 Å². The molecule has 0 amide bonds. The number of rotatable bonds is 13. The second kappa shape index (κ2) is 16.2. The number of thiazole rings is 1. The van der Waals surface area contributed by atoms with Crippen LogP contribution in [0, 0.1) is 5.82 Å². The molecule has 1 aromatic heterocycles. The largest absolute Gasteiger partial charge is 0.493 e. The van der Waals surface area contributed by atoms with Crippen LogP contribution in [0.15, 0.2) is 80.1 Å². The van der Waals surface area contributed by atoms with Gasteiger partial charge in [0, 0.05) is 4.47 Å². The number of nitrogens with zero attached hydrogens (tertiary/aromatic N) is 2. The van der Waals surface area contributed by atoms with E-state index in [4.69, 9.17) is 23.7 Å². The van der Waals surface area contributed by atoms with Crippen LogP contribution in [-0.2, 0) is 25.7 Å². The number of carbonyl (C=O) groups excluding carboxylic acids is 2. The highest BCUT2D eigenvalue weighted by molar-refractivity contribution is 9.10. The average Bonchev–Trinajstić information content (AvgIpc) is 3.40. The van der Waals surface area contributed by atoms with Gasteiger partial charge in [0.1, 0.15) is 12.4 Å². The van der Waals surface area contributed by atoms with Crippen molar-refractivity contribution in [3.8, 4) is 23.0 Å². The van der Waals surface area contributed by atoms with E-state index in [1.54, 1.807) is 69.3 Å². The SMILES string of the molecule is CCOC(=O)C1=C(C)N=c2s/c(=C\c3cc(OC)c(OCc4cccc(F)c4)cc3Br)c(=O)n2[C@H]1c1ccc(OCC(=O)OC)c(OCC)c1. The van der Waals surface area contributed by atoms with Gasteiger partial charge in [-0.05, 0) is 79.9 Å². The van der Waals surface area contributed by atoms with Gasteiger partial charge in [0.25, 0.3) is 5.56 Å². The minimum atomic E-state index is -0.919. The lowest BCUT2D eigenvalue weighted by Crippen LogP contribution is -2.40. The highest BCUT2D eigenvalue weighted by Crippen LogP contribution is 2.37. The fourth-order valence-corrected chi connectivity index (χ4v) is 6.72. The van der Waals surface area contributed by atoms with Crippen molar-refractivity contribution in [2.75, 3.05) is 34.0 Å². The van der Waals surface area contributed by atoms with Crippen LogP contribution in [0.1, 0.15) is 43.5 Å². The molecule has 5 rings (SSSR count). The number of benzene rings is 3. The number of hydrogen-bond acceptors (Lipinski definition) is 11. The molecule has 3 aromatic carbocycles. The molecule has 0 unspecified atom stereocenters. The summed E-state index contributed by atoms with van der Waals surface area (Å²) in [7, 11) is 2.76. The molecule has 0 fully saturated rings. The van der Waals surface area contributed by atoms with Gasteiger partial charge in [-0.15, -0.1) is 0 Å². The second-order valence-electron chi connectivity index (χ2n) is 10.7. The van der Waals surface area contributed by atoms with Gasteiger partial charge in [0.05, 0.1) is 49.3 Å². The number of esters is 2. The standard InChI is InChI=1S/C36H34BrFN2O9S/c1-6-46-28-14-22(11-12-26(28)49-19-31(41)45-5)33-32(35(43)47-7-2)20(3)39-36-40(33)34(42)30(50-36)16-23-15-27(44-4)29(17-25(23)37)48-18-21-9-8-10-24(38)13-21/h8-17,33H,6-7,18-19H2,1-5H3/b30-16-/t33-/m0/s1. The summed E-state index contributed by atoms with van der Waals surface area (Å²) in [5.74, 6) is -0.126. The van der Waals surface area contributed by atoms with Gasteiger partial charge in [-0.25, -0.2) is 19.0 Å². The molecule has 1 atom stereocenters. The first-order chi connectivity index (χ1) is 24.1. The molecular formula is C36H34BrFN2O9S. The molecule has 2 heterocycles. The Morgan fingerprint density at radius 1 is 0.980 bits per heavy atom. The molecule has 0 saturated heterocycles. The van der Waals surface area contributed by atoms with Crippen molar-refractivity contribution >= 4 is 45.3 Å². The zero-order valence-corrected chi connectivity index (χ0v) is 30.3. The Bertz CT molecular complexity index is 2140. The van der Waals surface area contributed by atoms with Gasteiger partial charge in [-0.2, -0.15) is 0 Å². The highest BCUT2D eigenvalue weighted by Gasteiger charge is 2.34. The molecule has 50 heavy (non-hydrogen) atoms. The molecule has 0 bridgehead atoms. The molecular weight excluding hydrogens is 735 g/mol. The van der Waals surface area contributed by atoms with Crippen molar-refractivity contribution in [1.29, 1.82) is 0 Å². The molecule has 1 aliphatic rings. The summed E-state index contributed by atoms with van der Waals surface area (Å²) < 4.78 is 49.2. The Balaban J connectivity index is 1.59. The summed E-state index contributed by atoms with van der Waals surface area (Å²) in [6.07, 6.45) is 1.70. The number of ether oxygens (including phenoxy) is 6. The van der Waals surface area contributed by atoms with Crippen molar-refractivity contribution in [2.24, 2.45) is 4.99 Å². The van der Waals surface area contributed by atoms with E-state index in [2.05, 4.69) is 25.7 Å². The van der Waals surface area contributed by atoms with Crippen molar-refractivity contribution < 1.29 is 42.4 Å². The van der Waals surface area contributed by atoms with Crippen LogP contribution in [0.25, 0.3) is 6.08 Å². The molecule has 0 N–H and O–H groups in total. The van der Waals surface area contributed by atoms with Crippen molar-refractivity contribution in [3.05, 3.63) is 113 Å². The molecule has 11 nitrogen and oxygen atoms in total. The molecule has 4 aromatic rings. The summed E-state index contributed by atoms with van der Waals surface area (Å²) >= 11 is 4.74. The minimum Gasteiger partial charge on any atom is -0.493 e. The van der Waals surface area contributed by atoms with Crippen LogP contribution < -0.4 is 33.8 Å². The second-order valence-corrected chi connectivity index (χ2v) is 12.6. The molecule has 0 radical (unpaired) electrons. The summed E-state index contributed by atoms with van der Waals surface area (Å²) in [6.45, 7) is 5.37. The van der Waals surface area contributed by atoms with E-state index >= 15 is 0 Å². The summed E-state index contributed by atoms with van der Waals surface area (Å²) in [5.41, 5.74) is 2.00. The molecule has 0 spiro atoms. The molecule has 0 aliphatic carbocycles. The summed E-state index contributed by atoms with van der Waals surface area (Å²) in [6, 6.07) is 13.6. The summed E-state index contributed by atoms with van der Waals surface area (Å²) in [5, 5.41) is 0. The van der Waals surface area contributed by atoms with E-state index in [0.29, 0.717) is 53.4 Å². The van der Waals surface area contributed by atoms with Crippen molar-refractivity contribution in [3.63, 3.8) is 0 Å².